The highest BCUT2D eigenvalue weighted by Crippen LogP contribution is 2.33. The number of hydrogen-bond donors (Lipinski definition) is 0. The lowest BCUT2D eigenvalue weighted by molar-refractivity contribution is 0.191. The Morgan fingerprint density at radius 2 is 1.79 bits per heavy atom. The minimum absolute atomic E-state index is 0.730. The Labute approximate surface area is 140 Å². The van der Waals surface area contributed by atoms with Crippen molar-refractivity contribution >= 4 is 11.0 Å². The molecule has 1 aliphatic heterocycles. The van der Waals surface area contributed by atoms with Crippen LogP contribution in [0.15, 0.2) is 36.4 Å². The Bertz CT molecular complexity index is 875. The van der Waals surface area contributed by atoms with Crippen molar-refractivity contribution in [3.05, 3.63) is 47.5 Å². The number of fused-ring (bicyclic) bond motifs is 2. The Morgan fingerprint density at radius 1 is 1.04 bits per heavy atom. The van der Waals surface area contributed by atoms with Gasteiger partial charge in [0.25, 0.3) is 0 Å². The summed E-state index contributed by atoms with van der Waals surface area (Å²) in [6.45, 7) is 2.58. The first-order valence-corrected chi connectivity index (χ1v) is 8.03. The number of ether oxygens (including phenoxy) is 2. The molecule has 2 aromatic carbocycles. The van der Waals surface area contributed by atoms with Crippen LogP contribution >= 0.6 is 0 Å². The fourth-order valence-electron chi connectivity index (χ4n) is 3.27. The van der Waals surface area contributed by atoms with Crippen molar-refractivity contribution < 1.29 is 9.47 Å². The minimum Gasteiger partial charge on any atom is -0.493 e. The van der Waals surface area contributed by atoms with Gasteiger partial charge < -0.3 is 9.47 Å². The standard InChI is InChI=1S/C18H20N4O2/c1-23-17-9-13-7-8-21(11-14(13)10-18(17)24-2)12-22-16-6-4-3-5-15(16)19-20-22/h3-6,9-10H,7-8,11-12H2,1-2H3. The average molecular weight is 324 g/mol. The van der Waals surface area contributed by atoms with Crippen LogP contribution in [0.3, 0.4) is 0 Å². The molecule has 0 saturated carbocycles. The zero-order valence-corrected chi connectivity index (χ0v) is 13.9. The fourth-order valence-corrected chi connectivity index (χ4v) is 3.27. The van der Waals surface area contributed by atoms with Gasteiger partial charge in [0.05, 0.1) is 26.4 Å². The molecule has 6 nitrogen and oxygen atoms in total. The van der Waals surface area contributed by atoms with Gasteiger partial charge in [-0.3, -0.25) is 4.90 Å². The van der Waals surface area contributed by atoms with Crippen LogP contribution in [0.25, 0.3) is 11.0 Å². The Kier molecular flexibility index (Phi) is 3.82. The molecule has 1 aliphatic rings. The lowest BCUT2D eigenvalue weighted by Gasteiger charge is -2.29. The fraction of sp³-hybridized carbons (Fsp3) is 0.333. The topological polar surface area (TPSA) is 52.4 Å². The van der Waals surface area contributed by atoms with E-state index in [1.165, 1.54) is 11.1 Å². The maximum absolute atomic E-state index is 5.43. The number of benzene rings is 2. The largest absolute Gasteiger partial charge is 0.493 e. The third-order valence-electron chi connectivity index (χ3n) is 4.55. The lowest BCUT2D eigenvalue weighted by atomic mass is 9.99. The zero-order valence-electron chi connectivity index (χ0n) is 13.9. The first-order valence-electron chi connectivity index (χ1n) is 8.03. The van der Waals surface area contributed by atoms with Crippen molar-refractivity contribution in [3.63, 3.8) is 0 Å². The summed E-state index contributed by atoms with van der Waals surface area (Å²) >= 11 is 0. The van der Waals surface area contributed by atoms with Gasteiger partial charge in [-0.2, -0.15) is 0 Å². The molecule has 1 aromatic heterocycles. The third-order valence-corrected chi connectivity index (χ3v) is 4.55. The van der Waals surface area contributed by atoms with Crippen LogP contribution in [0.1, 0.15) is 11.1 Å². The molecule has 0 saturated heterocycles. The summed E-state index contributed by atoms with van der Waals surface area (Å²) in [6.07, 6.45) is 0.988. The molecule has 24 heavy (non-hydrogen) atoms. The number of methoxy groups -OCH3 is 2. The van der Waals surface area contributed by atoms with E-state index in [-0.39, 0.29) is 0 Å². The van der Waals surface area contributed by atoms with Crippen LogP contribution in [-0.2, 0) is 19.6 Å². The van der Waals surface area contributed by atoms with E-state index in [2.05, 4.69) is 33.4 Å². The van der Waals surface area contributed by atoms with Gasteiger partial charge in [-0.05, 0) is 41.8 Å². The molecule has 0 spiro atoms. The summed E-state index contributed by atoms with van der Waals surface area (Å²) in [4.78, 5) is 2.37. The van der Waals surface area contributed by atoms with E-state index in [1.807, 2.05) is 22.9 Å². The summed E-state index contributed by atoms with van der Waals surface area (Å²) in [5.41, 5.74) is 4.60. The van der Waals surface area contributed by atoms with E-state index in [0.29, 0.717) is 0 Å². The highest BCUT2D eigenvalue weighted by atomic mass is 16.5. The van der Waals surface area contributed by atoms with Gasteiger partial charge in [0.2, 0.25) is 0 Å². The van der Waals surface area contributed by atoms with Gasteiger partial charge in [-0.15, -0.1) is 5.10 Å². The molecule has 0 N–H and O–H groups in total. The Morgan fingerprint density at radius 3 is 2.58 bits per heavy atom. The predicted octanol–water partition coefficient (Wildman–Crippen LogP) is 2.46. The van der Waals surface area contributed by atoms with E-state index in [0.717, 1.165) is 48.7 Å². The second kappa shape index (κ2) is 6.13. The monoisotopic (exact) mass is 324 g/mol. The summed E-state index contributed by atoms with van der Waals surface area (Å²) in [5, 5.41) is 8.52. The van der Waals surface area contributed by atoms with Gasteiger partial charge in [0, 0.05) is 13.1 Å². The van der Waals surface area contributed by atoms with E-state index < -0.39 is 0 Å². The van der Waals surface area contributed by atoms with Gasteiger partial charge in [0.1, 0.15) is 5.52 Å². The van der Waals surface area contributed by atoms with Crippen LogP contribution in [0.4, 0.5) is 0 Å². The number of hydrogen-bond acceptors (Lipinski definition) is 5. The van der Waals surface area contributed by atoms with Gasteiger partial charge >= 0.3 is 0 Å². The number of para-hydroxylation sites is 1. The van der Waals surface area contributed by atoms with Gasteiger partial charge in [0.15, 0.2) is 11.5 Å². The zero-order chi connectivity index (χ0) is 16.5. The quantitative estimate of drug-likeness (QED) is 0.738. The number of aromatic nitrogens is 3. The first-order chi connectivity index (χ1) is 11.8. The summed E-state index contributed by atoms with van der Waals surface area (Å²) < 4.78 is 12.8. The predicted molar refractivity (Wildman–Crippen MR) is 91.2 cm³/mol. The molecule has 2 heterocycles. The van der Waals surface area contributed by atoms with Crippen LogP contribution < -0.4 is 9.47 Å². The molecule has 124 valence electrons. The van der Waals surface area contributed by atoms with Crippen molar-refractivity contribution in [2.24, 2.45) is 0 Å². The maximum atomic E-state index is 5.43. The Balaban J connectivity index is 1.58. The summed E-state index contributed by atoms with van der Waals surface area (Å²) in [7, 11) is 3.35. The summed E-state index contributed by atoms with van der Waals surface area (Å²) in [6, 6.07) is 12.2. The SMILES string of the molecule is COc1cc2c(cc1OC)CN(Cn1nnc3ccccc31)CC2. The van der Waals surface area contributed by atoms with Crippen molar-refractivity contribution in [1.82, 2.24) is 19.9 Å². The summed E-state index contributed by atoms with van der Waals surface area (Å²) in [5.74, 6) is 1.58. The minimum atomic E-state index is 0.730. The van der Waals surface area contributed by atoms with Crippen LogP contribution in [0.2, 0.25) is 0 Å². The highest BCUT2D eigenvalue weighted by Gasteiger charge is 2.20. The number of nitrogens with zero attached hydrogens (tertiary/aromatic N) is 4. The van der Waals surface area contributed by atoms with E-state index in [1.54, 1.807) is 14.2 Å². The van der Waals surface area contributed by atoms with E-state index in [9.17, 15) is 0 Å². The molecule has 0 unspecified atom stereocenters. The smallest absolute Gasteiger partial charge is 0.161 e. The van der Waals surface area contributed by atoms with Crippen molar-refractivity contribution in [2.75, 3.05) is 20.8 Å². The molecule has 3 aromatic rings. The van der Waals surface area contributed by atoms with Crippen LogP contribution in [-0.4, -0.2) is 40.7 Å². The van der Waals surface area contributed by atoms with Crippen LogP contribution in [0, 0.1) is 0 Å². The first kappa shape index (κ1) is 15.0. The highest BCUT2D eigenvalue weighted by molar-refractivity contribution is 5.73. The molecule has 0 fully saturated rings. The molecule has 0 atom stereocenters. The van der Waals surface area contributed by atoms with Crippen molar-refractivity contribution in [1.29, 1.82) is 0 Å². The molecule has 0 radical (unpaired) electrons. The van der Waals surface area contributed by atoms with E-state index in [4.69, 9.17) is 9.47 Å². The third kappa shape index (κ3) is 2.59. The molecule has 6 heteroatoms. The second-order valence-electron chi connectivity index (χ2n) is 6.00. The number of rotatable bonds is 4. The molecule has 0 aliphatic carbocycles. The molecular weight excluding hydrogens is 304 g/mol. The molecule has 4 rings (SSSR count). The Hall–Kier alpha value is -2.60. The van der Waals surface area contributed by atoms with Gasteiger partial charge in [-0.25, -0.2) is 4.68 Å². The van der Waals surface area contributed by atoms with Crippen LogP contribution in [0.5, 0.6) is 11.5 Å². The second-order valence-corrected chi connectivity index (χ2v) is 6.00. The lowest BCUT2D eigenvalue weighted by Crippen LogP contribution is -2.32. The van der Waals surface area contributed by atoms with Gasteiger partial charge in [-0.1, -0.05) is 17.3 Å². The average Bonchev–Trinajstić information content (AvgIpc) is 3.03. The molecule has 0 bridgehead atoms. The van der Waals surface area contributed by atoms with Crippen molar-refractivity contribution in [3.8, 4) is 11.5 Å². The van der Waals surface area contributed by atoms with E-state index >= 15 is 0 Å². The normalized spacial score (nSPS) is 14.6. The molecule has 0 amide bonds. The molecular formula is C18H20N4O2. The van der Waals surface area contributed by atoms with Crippen molar-refractivity contribution in [2.45, 2.75) is 19.6 Å². The maximum Gasteiger partial charge on any atom is 0.161 e.